The van der Waals surface area contributed by atoms with E-state index in [1.165, 1.54) is 30.1 Å². The number of hydrogen-bond donors (Lipinski definition) is 1. The lowest BCUT2D eigenvalue weighted by atomic mass is 10.0. The van der Waals surface area contributed by atoms with Gasteiger partial charge in [-0.05, 0) is 77.4 Å². The maximum Gasteiger partial charge on any atom is 0.253 e. The predicted molar refractivity (Wildman–Crippen MR) is 158 cm³/mol. The third-order valence-electron chi connectivity index (χ3n) is 7.63. The van der Waals surface area contributed by atoms with E-state index in [0.717, 1.165) is 57.2 Å². The number of pyridine rings is 1. The van der Waals surface area contributed by atoms with Gasteiger partial charge < -0.3 is 10.2 Å². The van der Waals surface area contributed by atoms with Crippen molar-refractivity contribution in [2.75, 3.05) is 50.7 Å². The Bertz CT molecular complexity index is 1210. The molecule has 1 aromatic carbocycles. The fourth-order valence-corrected chi connectivity index (χ4v) is 5.58. The van der Waals surface area contributed by atoms with E-state index in [-0.39, 0.29) is 12.5 Å². The molecule has 6 nitrogen and oxygen atoms in total. The van der Waals surface area contributed by atoms with Gasteiger partial charge in [0.15, 0.2) is 0 Å². The molecule has 2 saturated heterocycles. The number of rotatable bonds is 8. The van der Waals surface area contributed by atoms with Crippen LogP contribution < -0.4 is 10.2 Å². The molecule has 1 amide bonds. The number of aryl methyl sites for hydroxylation is 1. The summed E-state index contributed by atoms with van der Waals surface area (Å²) in [4.78, 5) is 24.9. The quantitative estimate of drug-likeness (QED) is 0.431. The van der Waals surface area contributed by atoms with E-state index >= 15 is 0 Å². The Balaban J connectivity index is 1.24. The highest BCUT2D eigenvalue weighted by Gasteiger charge is 2.28. The van der Waals surface area contributed by atoms with Crippen LogP contribution in [-0.4, -0.2) is 72.5 Å². The van der Waals surface area contributed by atoms with Crippen LogP contribution in [0.1, 0.15) is 55.1 Å². The Kier molecular flexibility index (Phi) is 10.2. The minimum atomic E-state index is -0.431. The SMILES string of the molecule is CC(C)=C/C=C(\C)CN1CCC(N2CCN(c3ncc(C(=O)NCc4ccc(Cl)cc4F)cc3C)CC2)CC1. The van der Waals surface area contributed by atoms with Gasteiger partial charge in [0.2, 0.25) is 0 Å². The number of carbonyl (C=O) groups excluding carboxylic acids is 1. The van der Waals surface area contributed by atoms with Gasteiger partial charge in [-0.15, -0.1) is 0 Å². The molecule has 0 radical (unpaired) electrons. The molecular weight excluding hydrogens is 513 g/mol. The maximum atomic E-state index is 14.0. The molecule has 2 fully saturated rings. The molecule has 0 unspecified atom stereocenters. The van der Waals surface area contributed by atoms with Crippen molar-refractivity contribution >= 4 is 23.3 Å². The van der Waals surface area contributed by atoms with Gasteiger partial charge in [-0.3, -0.25) is 14.6 Å². The number of anilines is 1. The number of likely N-dealkylation sites (tertiary alicyclic amines) is 1. The molecule has 0 aliphatic carbocycles. The Morgan fingerprint density at radius 3 is 2.44 bits per heavy atom. The number of nitrogens with one attached hydrogen (secondary N) is 1. The van der Waals surface area contributed by atoms with Gasteiger partial charge >= 0.3 is 0 Å². The van der Waals surface area contributed by atoms with Crippen molar-refractivity contribution in [2.45, 2.75) is 53.1 Å². The number of carbonyl (C=O) groups is 1. The van der Waals surface area contributed by atoms with Crippen molar-refractivity contribution in [3.05, 3.63) is 81.3 Å². The highest BCUT2D eigenvalue weighted by Crippen LogP contribution is 2.23. The summed E-state index contributed by atoms with van der Waals surface area (Å²) in [5.41, 5.74) is 4.59. The molecule has 0 spiro atoms. The highest BCUT2D eigenvalue weighted by molar-refractivity contribution is 6.30. The molecule has 2 aliphatic rings. The highest BCUT2D eigenvalue weighted by atomic mass is 35.5. The summed E-state index contributed by atoms with van der Waals surface area (Å²) in [7, 11) is 0. The minimum Gasteiger partial charge on any atom is -0.354 e. The Morgan fingerprint density at radius 1 is 1.08 bits per heavy atom. The standard InChI is InChI=1S/C31H41ClFN5O/c1-22(2)5-6-23(3)21-36-11-9-28(10-12-36)37-13-15-38(16-14-37)30-24(4)17-26(20-34-30)31(39)35-19-25-7-8-27(32)18-29(25)33/h5-8,17-18,20,28H,9-16,19,21H2,1-4H3,(H,35,39)/b23-6+. The molecule has 210 valence electrons. The number of piperidine rings is 1. The lowest BCUT2D eigenvalue weighted by molar-refractivity contribution is 0.0950. The monoisotopic (exact) mass is 553 g/mol. The second-order valence-electron chi connectivity index (χ2n) is 11.1. The van der Waals surface area contributed by atoms with Crippen LogP contribution in [0.4, 0.5) is 10.2 Å². The molecule has 39 heavy (non-hydrogen) atoms. The van der Waals surface area contributed by atoms with Crippen LogP contribution in [0.2, 0.25) is 5.02 Å². The predicted octanol–water partition coefficient (Wildman–Crippen LogP) is 5.61. The lowest BCUT2D eigenvalue weighted by Gasteiger charge is -2.43. The molecule has 0 saturated carbocycles. The van der Waals surface area contributed by atoms with E-state index in [1.807, 2.05) is 13.0 Å². The van der Waals surface area contributed by atoms with E-state index in [4.69, 9.17) is 11.6 Å². The van der Waals surface area contributed by atoms with Crippen LogP contribution in [0.25, 0.3) is 0 Å². The number of piperazine rings is 1. The zero-order valence-corrected chi connectivity index (χ0v) is 24.4. The van der Waals surface area contributed by atoms with Gasteiger partial charge in [-0.2, -0.15) is 0 Å². The molecule has 2 aliphatic heterocycles. The van der Waals surface area contributed by atoms with Crippen LogP contribution in [0, 0.1) is 12.7 Å². The van der Waals surface area contributed by atoms with Crippen molar-refractivity contribution in [1.82, 2.24) is 20.1 Å². The van der Waals surface area contributed by atoms with E-state index in [9.17, 15) is 9.18 Å². The zero-order chi connectivity index (χ0) is 27.9. The van der Waals surface area contributed by atoms with Crippen LogP contribution in [0.5, 0.6) is 0 Å². The van der Waals surface area contributed by atoms with E-state index < -0.39 is 5.82 Å². The summed E-state index contributed by atoms with van der Waals surface area (Å²) in [5.74, 6) is 0.230. The first-order valence-electron chi connectivity index (χ1n) is 13.9. The van der Waals surface area contributed by atoms with Gasteiger partial charge in [0, 0.05) is 62.1 Å². The van der Waals surface area contributed by atoms with Gasteiger partial charge in [-0.25, -0.2) is 9.37 Å². The van der Waals surface area contributed by atoms with Gasteiger partial charge in [0.05, 0.1) is 5.56 Å². The summed E-state index contributed by atoms with van der Waals surface area (Å²) in [6.45, 7) is 15.9. The molecule has 3 heterocycles. The van der Waals surface area contributed by atoms with E-state index in [0.29, 0.717) is 22.2 Å². The van der Waals surface area contributed by atoms with Gasteiger partial charge in [0.25, 0.3) is 5.91 Å². The van der Waals surface area contributed by atoms with E-state index in [1.54, 1.807) is 18.3 Å². The van der Waals surface area contributed by atoms with Gasteiger partial charge in [-0.1, -0.05) is 41.0 Å². The zero-order valence-electron chi connectivity index (χ0n) is 23.6. The van der Waals surface area contributed by atoms with Crippen LogP contribution in [0.15, 0.2) is 53.8 Å². The number of nitrogens with zero attached hydrogens (tertiary/aromatic N) is 4. The first kappa shape index (κ1) is 29.2. The lowest BCUT2D eigenvalue weighted by Crippen LogP contribution is -2.53. The number of halogens is 2. The summed E-state index contributed by atoms with van der Waals surface area (Å²) in [6.07, 6.45) is 8.50. The summed E-state index contributed by atoms with van der Waals surface area (Å²) >= 11 is 5.81. The van der Waals surface area contributed by atoms with E-state index in [2.05, 4.69) is 57.9 Å². The summed E-state index contributed by atoms with van der Waals surface area (Å²) in [5, 5.41) is 3.11. The largest absolute Gasteiger partial charge is 0.354 e. The second-order valence-corrected chi connectivity index (χ2v) is 11.5. The third-order valence-corrected chi connectivity index (χ3v) is 7.86. The molecule has 0 atom stereocenters. The topological polar surface area (TPSA) is 51.7 Å². The summed E-state index contributed by atoms with van der Waals surface area (Å²) in [6, 6.07) is 6.96. The fraction of sp³-hybridized carbons (Fsp3) is 0.484. The second kappa shape index (κ2) is 13.6. The molecule has 1 aromatic heterocycles. The molecule has 0 bridgehead atoms. The molecule has 1 N–H and O–H groups in total. The number of allylic oxidation sites excluding steroid dienone is 3. The summed E-state index contributed by atoms with van der Waals surface area (Å²) < 4.78 is 14.0. The molecular formula is C31H41ClFN5O. The van der Waals surface area contributed by atoms with Crippen molar-refractivity contribution in [3.63, 3.8) is 0 Å². The molecule has 8 heteroatoms. The number of amides is 1. The average Bonchev–Trinajstić information content (AvgIpc) is 2.92. The molecule has 2 aromatic rings. The van der Waals surface area contributed by atoms with Crippen LogP contribution >= 0.6 is 11.6 Å². The third kappa shape index (κ3) is 8.13. The Labute approximate surface area is 237 Å². The normalized spacial score (nSPS) is 17.8. The first-order valence-corrected chi connectivity index (χ1v) is 14.3. The fourth-order valence-electron chi connectivity index (χ4n) is 5.42. The number of hydrogen-bond acceptors (Lipinski definition) is 5. The van der Waals surface area contributed by atoms with Gasteiger partial charge in [0.1, 0.15) is 11.6 Å². The maximum absolute atomic E-state index is 14.0. The smallest absolute Gasteiger partial charge is 0.253 e. The first-order chi connectivity index (χ1) is 18.7. The van der Waals surface area contributed by atoms with Crippen molar-refractivity contribution in [1.29, 1.82) is 0 Å². The minimum absolute atomic E-state index is 0.0930. The van der Waals surface area contributed by atoms with Crippen molar-refractivity contribution < 1.29 is 9.18 Å². The van der Waals surface area contributed by atoms with Crippen LogP contribution in [0.3, 0.4) is 0 Å². The Morgan fingerprint density at radius 2 is 1.79 bits per heavy atom. The van der Waals surface area contributed by atoms with Crippen molar-refractivity contribution in [3.8, 4) is 0 Å². The van der Waals surface area contributed by atoms with Crippen molar-refractivity contribution in [2.24, 2.45) is 0 Å². The number of benzene rings is 1. The Hall–Kier alpha value is -2.74. The number of aromatic nitrogens is 1. The van der Waals surface area contributed by atoms with Crippen LogP contribution in [-0.2, 0) is 6.54 Å². The molecule has 4 rings (SSSR count). The average molecular weight is 554 g/mol.